The average molecular weight is 394 g/mol. The van der Waals surface area contributed by atoms with E-state index in [0.717, 1.165) is 22.6 Å². The van der Waals surface area contributed by atoms with E-state index in [0.29, 0.717) is 12.0 Å². The van der Waals surface area contributed by atoms with Gasteiger partial charge in [-0.2, -0.15) is 5.26 Å². The first-order chi connectivity index (χ1) is 14.7. The molecule has 0 aromatic heterocycles. The fourth-order valence-electron chi connectivity index (χ4n) is 3.84. The molecule has 30 heavy (non-hydrogen) atoms. The molecular weight excluding hydrogens is 372 g/mol. The predicted octanol–water partition coefficient (Wildman–Crippen LogP) is 4.85. The van der Waals surface area contributed by atoms with Crippen LogP contribution in [0.2, 0.25) is 0 Å². The minimum Gasteiger partial charge on any atom is -0.497 e. The van der Waals surface area contributed by atoms with Gasteiger partial charge in [0.1, 0.15) is 5.75 Å². The van der Waals surface area contributed by atoms with Crippen LogP contribution in [0.5, 0.6) is 5.75 Å². The van der Waals surface area contributed by atoms with Crippen molar-refractivity contribution >= 4 is 17.7 Å². The maximum Gasteiger partial charge on any atom is 0.233 e. The number of hydrogen-bond donors (Lipinski definition) is 0. The Morgan fingerprint density at radius 2 is 1.80 bits per heavy atom. The van der Waals surface area contributed by atoms with Crippen LogP contribution >= 0.6 is 0 Å². The Labute approximate surface area is 176 Å². The van der Waals surface area contributed by atoms with E-state index in [1.165, 1.54) is 0 Å². The zero-order valence-electron chi connectivity index (χ0n) is 16.7. The summed E-state index contributed by atoms with van der Waals surface area (Å²) >= 11 is 0. The van der Waals surface area contributed by atoms with E-state index in [2.05, 4.69) is 18.2 Å². The standard InChI is InChI=1S/C26H22N2O2/c1-30-23-13-11-22(12-14-23)28-25(15-10-19-6-3-2-4-7-19)24(26(28)29)17-20-8-5-9-21(16-20)18-27/h2-16,24-25H,17H2,1H3/b15-10+/t24-,25+/m0/s1. The lowest BCUT2D eigenvalue weighted by atomic mass is 9.81. The molecule has 1 heterocycles. The highest BCUT2D eigenvalue weighted by Gasteiger charge is 2.46. The first-order valence-corrected chi connectivity index (χ1v) is 9.89. The Morgan fingerprint density at radius 3 is 2.50 bits per heavy atom. The van der Waals surface area contributed by atoms with Crippen molar-refractivity contribution in [3.63, 3.8) is 0 Å². The summed E-state index contributed by atoms with van der Waals surface area (Å²) in [5.74, 6) is 0.680. The van der Waals surface area contributed by atoms with Gasteiger partial charge in [-0.1, -0.05) is 54.6 Å². The van der Waals surface area contributed by atoms with Gasteiger partial charge in [0.15, 0.2) is 0 Å². The molecule has 0 N–H and O–H groups in total. The maximum atomic E-state index is 13.1. The van der Waals surface area contributed by atoms with E-state index in [9.17, 15) is 4.79 Å². The van der Waals surface area contributed by atoms with Crippen LogP contribution in [0.3, 0.4) is 0 Å². The van der Waals surface area contributed by atoms with E-state index in [-0.39, 0.29) is 17.9 Å². The lowest BCUT2D eigenvalue weighted by Crippen LogP contribution is -2.61. The smallest absolute Gasteiger partial charge is 0.233 e. The Hall–Kier alpha value is -3.84. The summed E-state index contributed by atoms with van der Waals surface area (Å²) in [4.78, 5) is 14.9. The first kappa shape index (κ1) is 19.5. The number of hydrogen-bond acceptors (Lipinski definition) is 3. The SMILES string of the molecule is COc1ccc(N2C(=O)[C@@H](Cc3cccc(C#N)c3)[C@H]2/C=C/c2ccccc2)cc1. The topological polar surface area (TPSA) is 53.3 Å². The number of ether oxygens (including phenoxy) is 1. The highest BCUT2D eigenvalue weighted by atomic mass is 16.5. The Morgan fingerprint density at radius 1 is 1.03 bits per heavy atom. The minimum atomic E-state index is -0.166. The third-order valence-corrected chi connectivity index (χ3v) is 5.41. The minimum absolute atomic E-state index is 0.0585. The second-order valence-electron chi connectivity index (χ2n) is 7.29. The largest absolute Gasteiger partial charge is 0.497 e. The van der Waals surface area contributed by atoms with Crippen molar-refractivity contribution in [2.24, 2.45) is 5.92 Å². The molecule has 0 bridgehead atoms. The molecule has 0 radical (unpaired) electrons. The molecule has 4 nitrogen and oxygen atoms in total. The van der Waals surface area contributed by atoms with Gasteiger partial charge < -0.3 is 9.64 Å². The van der Waals surface area contributed by atoms with Crippen molar-refractivity contribution in [3.05, 3.63) is 102 Å². The first-order valence-electron chi connectivity index (χ1n) is 9.89. The van der Waals surface area contributed by atoms with Gasteiger partial charge in [-0.3, -0.25) is 4.79 Å². The molecule has 1 saturated heterocycles. The monoisotopic (exact) mass is 394 g/mol. The fraction of sp³-hybridized carbons (Fsp3) is 0.154. The van der Waals surface area contributed by atoms with Crippen molar-refractivity contribution in [3.8, 4) is 11.8 Å². The number of amides is 1. The van der Waals surface area contributed by atoms with Crippen molar-refractivity contribution in [1.82, 2.24) is 0 Å². The zero-order valence-corrected chi connectivity index (χ0v) is 16.7. The molecule has 4 rings (SSSR count). The van der Waals surface area contributed by atoms with Gasteiger partial charge in [-0.05, 0) is 53.9 Å². The van der Waals surface area contributed by atoms with Crippen molar-refractivity contribution in [2.45, 2.75) is 12.5 Å². The van der Waals surface area contributed by atoms with Crippen molar-refractivity contribution in [1.29, 1.82) is 5.26 Å². The molecule has 3 aromatic carbocycles. The number of nitriles is 1. The van der Waals surface area contributed by atoms with Crippen LogP contribution in [-0.4, -0.2) is 19.1 Å². The van der Waals surface area contributed by atoms with Crippen LogP contribution in [0.4, 0.5) is 5.69 Å². The quantitative estimate of drug-likeness (QED) is 0.562. The number of carbonyl (C=O) groups excluding carboxylic acids is 1. The zero-order chi connectivity index (χ0) is 20.9. The van der Waals surface area contributed by atoms with E-state index in [1.807, 2.05) is 77.7 Å². The molecule has 2 atom stereocenters. The Bertz CT molecular complexity index is 1100. The summed E-state index contributed by atoms with van der Waals surface area (Å²) in [5.41, 5.74) is 3.56. The molecule has 4 heteroatoms. The molecule has 1 amide bonds. The van der Waals surface area contributed by atoms with Gasteiger partial charge in [-0.15, -0.1) is 0 Å². The Kier molecular flexibility index (Phi) is 5.63. The summed E-state index contributed by atoms with van der Waals surface area (Å²) in [6.45, 7) is 0. The van der Waals surface area contributed by atoms with Crippen LogP contribution in [-0.2, 0) is 11.2 Å². The molecule has 1 aliphatic heterocycles. The molecule has 1 aliphatic rings. The summed E-state index contributed by atoms with van der Waals surface area (Å²) in [7, 11) is 1.63. The summed E-state index contributed by atoms with van der Waals surface area (Å²) in [6, 6.07) is 27.2. The summed E-state index contributed by atoms with van der Waals surface area (Å²) in [5, 5.41) is 9.17. The van der Waals surface area contributed by atoms with Crippen LogP contribution < -0.4 is 9.64 Å². The molecule has 148 valence electrons. The lowest BCUT2D eigenvalue weighted by molar-refractivity contribution is -0.128. The molecule has 0 saturated carbocycles. The van der Waals surface area contributed by atoms with Gasteiger partial charge in [0, 0.05) is 5.69 Å². The maximum absolute atomic E-state index is 13.1. The van der Waals surface area contributed by atoms with Crippen LogP contribution in [0, 0.1) is 17.2 Å². The number of methoxy groups -OCH3 is 1. The third kappa shape index (κ3) is 3.97. The van der Waals surface area contributed by atoms with Crippen molar-refractivity contribution in [2.75, 3.05) is 12.0 Å². The highest BCUT2D eigenvalue weighted by molar-refractivity contribution is 6.04. The summed E-state index contributed by atoms with van der Waals surface area (Å²) < 4.78 is 5.24. The van der Waals surface area contributed by atoms with Gasteiger partial charge >= 0.3 is 0 Å². The number of β-lactam (4-membered cyclic amide) rings is 1. The van der Waals surface area contributed by atoms with Gasteiger partial charge in [-0.25, -0.2) is 0 Å². The number of nitrogens with zero attached hydrogens (tertiary/aromatic N) is 2. The number of carbonyl (C=O) groups is 1. The van der Waals surface area contributed by atoms with Crippen LogP contribution in [0.25, 0.3) is 6.08 Å². The van der Waals surface area contributed by atoms with E-state index in [4.69, 9.17) is 10.00 Å². The van der Waals surface area contributed by atoms with Gasteiger partial charge in [0.25, 0.3) is 0 Å². The molecule has 0 spiro atoms. The highest BCUT2D eigenvalue weighted by Crippen LogP contribution is 2.36. The van der Waals surface area contributed by atoms with Gasteiger partial charge in [0.05, 0.1) is 30.7 Å². The average Bonchev–Trinajstić information content (AvgIpc) is 2.81. The predicted molar refractivity (Wildman–Crippen MR) is 118 cm³/mol. The molecule has 1 fully saturated rings. The van der Waals surface area contributed by atoms with Gasteiger partial charge in [0.2, 0.25) is 5.91 Å². The van der Waals surface area contributed by atoms with E-state index in [1.54, 1.807) is 13.2 Å². The fourth-order valence-corrected chi connectivity index (χ4v) is 3.84. The molecule has 0 unspecified atom stereocenters. The van der Waals surface area contributed by atoms with Crippen LogP contribution in [0.1, 0.15) is 16.7 Å². The van der Waals surface area contributed by atoms with E-state index >= 15 is 0 Å². The Balaban J connectivity index is 1.62. The second-order valence-corrected chi connectivity index (χ2v) is 7.29. The van der Waals surface area contributed by atoms with Crippen molar-refractivity contribution < 1.29 is 9.53 Å². The number of rotatable bonds is 6. The van der Waals surface area contributed by atoms with Crippen LogP contribution in [0.15, 0.2) is 84.9 Å². The summed E-state index contributed by atoms with van der Waals surface area (Å²) in [6.07, 6.45) is 4.76. The number of anilines is 1. The van der Waals surface area contributed by atoms with E-state index < -0.39 is 0 Å². The third-order valence-electron chi connectivity index (χ3n) is 5.41. The molecule has 3 aromatic rings. The second kappa shape index (κ2) is 8.67. The number of benzene rings is 3. The molecule has 0 aliphatic carbocycles. The molecular formula is C26H22N2O2. The lowest BCUT2D eigenvalue weighted by Gasteiger charge is -2.46. The normalized spacial score (nSPS) is 18.1.